The third-order valence-corrected chi connectivity index (χ3v) is 3.36. The van der Waals surface area contributed by atoms with Crippen LogP contribution in [0.5, 0.6) is 0 Å². The molecule has 0 aliphatic carbocycles. The number of rotatable bonds is 3. The average molecular weight is 310 g/mol. The second-order valence-electron chi connectivity index (χ2n) is 5.15. The van der Waals surface area contributed by atoms with Gasteiger partial charge in [0.05, 0.1) is 10.8 Å². The Hall–Kier alpha value is -3.22. The van der Waals surface area contributed by atoms with E-state index >= 15 is 0 Å². The normalized spacial score (nSPS) is 10.7. The van der Waals surface area contributed by atoms with Crippen LogP contribution < -0.4 is 16.4 Å². The quantitative estimate of drug-likeness (QED) is 0.755. The van der Waals surface area contributed by atoms with Crippen molar-refractivity contribution in [3.05, 3.63) is 68.9 Å². The van der Waals surface area contributed by atoms with Gasteiger partial charge < -0.3 is 5.32 Å². The summed E-state index contributed by atoms with van der Waals surface area (Å²) in [6.45, 7) is 1.59. The lowest BCUT2D eigenvalue weighted by atomic mass is 10.2. The summed E-state index contributed by atoms with van der Waals surface area (Å²) in [7, 11) is 0. The van der Waals surface area contributed by atoms with Crippen molar-refractivity contribution in [2.24, 2.45) is 0 Å². The number of hydrogen-bond donors (Lipinski definition) is 2. The topological polar surface area (TPSA) is 96.9 Å². The van der Waals surface area contributed by atoms with Gasteiger partial charge in [-0.3, -0.25) is 19.5 Å². The molecule has 7 heteroatoms. The molecule has 0 saturated carbocycles. The number of fused-ring (bicyclic) bond motifs is 1. The number of pyridine rings is 1. The Morgan fingerprint density at radius 3 is 2.61 bits per heavy atom. The molecule has 2 heterocycles. The van der Waals surface area contributed by atoms with Crippen molar-refractivity contribution in [1.82, 2.24) is 14.8 Å². The van der Waals surface area contributed by atoms with Crippen LogP contribution >= 0.6 is 0 Å². The molecule has 0 aliphatic rings. The first-order valence-corrected chi connectivity index (χ1v) is 6.99. The largest absolute Gasteiger partial charge is 0.309 e. The average Bonchev–Trinajstić information content (AvgIpc) is 2.54. The maximum atomic E-state index is 12.3. The molecule has 1 amide bonds. The maximum Gasteiger partial charge on any atom is 0.273 e. The van der Waals surface area contributed by atoms with E-state index in [0.717, 1.165) is 10.2 Å². The van der Waals surface area contributed by atoms with Crippen LogP contribution in [0.4, 0.5) is 5.82 Å². The molecule has 0 atom stereocenters. The first-order valence-electron chi connectivity index (χ1n) is 6.99. The van der Waals surface area contributed by atoms with E-state index in [9.17, 15) is 14.4 Å². The lowest BCUT2D eigenvalue weighted by Crippen LogP contribution is -2.34. The number of nitrogens with zero attached hydrogens (tertiary/aromatic N) is 2. The second-order valence-corrected chi connectivity index (χ2v) is 5.15. The van der Waals surface area contributed by atoms with E-state index in [2.05, 4.69) is 15.4 Å². The Balaban J connectivity index is 1.88. The number of anilines is 1. The van der Waals surface area contributed by atoms with Gasteiger partial charge in [-0.05, 0) is 30.7 Å². The number of carbonyl (C=O) groups excluding carboxylic acids is 1. The molecule has 3 rings (SSSR count). The lowest BCUT2D eigenvalue weighted by molar-refractivity contribution is -0.117. The predicted molar refractivity (Wildman–Crippen MR) is 86.4 cm³/mol. The van der Waals surface area contributed by atoms with Crippen molar-refractivity contribution in [1.29, 1.82) is 0 Å². The van der Waals surface area contributed by atoms with E-state index < -0.39 is 17.0 Å². The highest BCUT2D eigenvalue weighted by Gasteiger charge is 2.10. The molecular formula is C16H14N4O3. The third-order valence-electron chi connectivity index (χ3n) is 3.36. The van der Waals surface area contributed by atoms with Crippen molar-refractivity contribution in [3.63, 3.8) is 0 Å². The molecule has 0 unspecified atom stereocenters. The van der Waals surface area contributed by atoms with Gasteiger partial charge in [-0.25, -0.2) is 9.67 Å². The number of aryl methyl sites for hydroxylation is 1. The minimum absolute atomic E-state index is 0.275. The Morgan fingerprint density at radius 1 is 1.17 bits per heavy atom. The van der Waals surface area contributed by atoms with E-state index in [-0.39, 0.29) is 11.9 Å². The molecule has 116 valence electrons. The van der Waals surface area contributed by atoms with Gasteiger partial charge in [0, 0.05) is 6.20 Å². The first-order chi connectivity index (χ1) is 11.0. The zero-order chi connectivity index (χ0) is 16.4. The van der Waals surface area contributed by atoms with Gasteiger partial charge in [-0.1, -0.05) is 18.2 Å². The molecule has 23 heavy (non-hydrogen) atoms. The van der Waals surface area contributed by atoms with E-state index in [0.29, 0.717) is 11.2 Å². The van der Waals surface area contributed by atoms with Crippen LogP contribution in [0.1, 0.15) is 5.56 Å². The fraction of sp³-hybridized carbons (Fsp3) is 0.125. The minimum atomic E-state index is -0.450. The van der Waals surface area contributed by atoms with Gasteiger partial charge >= 0.3 is 0 Å². The zero-order valence-corrected chi connectivity index (χ0v) is 12.4. The van der Waals surface area contributed by atoms with Crippen LogP contribution in [0.15, 0.2) is 52.2 Å². The number of aromatic nitrogens is 3. The highest BCUT2D eigenvalue weighted by atomic mass is 16.2. The summed E-state index contributed by atoms with van der Waals surface area (Å²) in [5.74, 6) is -0.0637. The summed E-state index contributed by atoms with van der Waals surface area (Å²) in [5.41, 5.74) is 0.131. The molecule has 0 saturated heterocycles. The van der Waals surface area contributed by atoms with E-state index in [1.54, 1.807) is 36.5 Å². The monoisotopic (exact) mass is 310 g/mol. The number of hydrogen-bond acceptors (Lipinski definition) is 4. The van der Waals surface area contributed by atoms with Gasteiger partial charge in [-0.2, -0.15) is 0 Å². The van der Waals surface area contributed by atoms with Gasteiger partial charge in [0.2, 0.25) is 5.91 Å². The molecular weight excluding hydrogens is 296 g/mol. The van der Waals surface area contributed by atoms with Crippen molar-refractivity contribution in [2.45, 2.75) is 13.5 Å². The molecule has 3 aromatic rings. The summed E-state index contributed by atoms with van der Waals surface area (Å²) in [6.07, 6.45) is 1.62. The fourth-order valence-corrected chi connectivity index (χ4v) is 2.23. The number of aromatic amines is 1. The lowest BCUT2D eigenvalue weighted by Gasteiger charge is -2.08. The molecule has 0 fully saturated rings. The molecule has 0 radical (unpaired) electrons. The molecule has 0 bridgehead atoms. The Labute approximate surface area is 130 Å². The summed E-state index contributed by atoms with van der Waals surface area (Å²) in [4.78, 5) is 40.4. The maximum absolute atomic E-state index is 12.3. The minimum Gasteiger partial charge on any atom is -0.309 e. The molecule has 1 aromatic carbocycles. The van der Waals surface area contributed by atoms with Crippen molar-refractivity contribution >= 4 is 22.5 Å². The van der Waals surface area contributed by atoms with Crippen LogP contribution in [0.2, 0.25) is 0 Å². The number of benzene rings is 1. The number of amides is 1. The van der Waals surface area contributed by atoms with E-state index in [4.69, 9.17) is 0 Å². The molecule has 2 N–H and O–H groups in total. The van der Waals surface area contributed by atoms with Crippen molar-refractivity contribution < 1.29 is 4.79 Å². The SMILES string of the molecule is Cc1ccc(NC(=O)Cn2[nH]c(=O)c3ccccc3c2=O)nc1. The second kappa shape index (κ2) is 5.88. The molecule has 7 nitrogen and oxygen atoms in total. The van der Waals surface area contributed by atoms with Gasteiger partial charge in [-0.15, -0.1) is 0 Å². The Morgan fingerprint density at radius 2 is 1.91 bits per heavy atom. The van der Waals surface area contributed by atoms with Crippen LogP contribution in [0.3, 0.4) is 0 Å². The van der Waals surface area contributed by atoms with Gasteiger partial charge in [0.25, 0.3) is 11.1 Å². The smallest absolute Gasteiger partial charge is 0.273 e. The first kappa shape index (κ1) is 14.7. The standard InChI is InChI=1S/C16H14N4O3/c1-10-6-7-13(17-8-10)18-14(21)9-20-16(23)12-5-3-2-4-11(12)15(22)19-20/h2-8H,9H2,1H3,(H,19,22)(H,17,18,21). The van der Waals surface area contributed by atoms with Crippen molar-refractivity contribution in [3.8, 4) is 0 Å². The predicted octanol–water partition coefficient (Wildman–Crippen LogP) is 1.03. The number of nitrogens with one attached hydrogen (secondary N) is 2. The zero-order valence-electron chi connectivity index (χ0n) is 12.4. The third kappa shape index (κ3) is 3.03. The number of carbonyl (C=O) groups is 1. The summed E-state index contributed by atoms with van der Waals surface area (Å²) >= 11 is 0. The molecule has 0 aliphatic heterocycles. The highest BCUT2D eigenvalue weighted by Crippen LogP contribution is 2.04. The Bertz CT molecular complexity index is 987. The molecule has 0 spiro atoms. The summed E-state index contributed by atoms with van der Waals surface area (Å²) in [6, 6.07) is 9.95. The van der Waals surface area contributed by atoms with E-state index in [1.165, 1.54) is 0 Å². The van der Waals surface area contributed by atoms with Crippen LogP contribution in [-0.4, -0.2) is 20.7 Å². The van der Waals surface area contributed by atoms with Crippen LogP contribution in [0.25, 0.3) is 10.8 Å². The fourth-order valence-electron chi connectivity index (χ4n) is 2.23. The van der Waals surface area contributed by atoms with Gasteiger partial charge in [0.15, 0.2) is 0 Å². The van der Waals surface area contributed by atoms with E-state index in [1.807, 2.05) is 13.0 Å². The number of H-pyrrole nitrogens is 1. The summed E-state index contributed by atoms with van der Waals surface area (Å²) in [5, 5.41) is 5.57. The Kier molecular flexibility index (Phi) is 3.76. The van der Waals surface area contributed by atoms with Crippen LogP contribution in [0, 0.1) is 6.92 Å². The van der Waals surface area contributed by atoms with Crippen LogP contribution in [-0.2, 0) is 11.3 Å². The molecule has 2 aromatic heterocycles. The van der Waals surface area contributed by atoms with Gasteiger partial charge in [0.1, 0.15) is 12.4 Å². The summed E-state index contributed by atoms with van der Waals surface area (Å²) < 4.78 is 0.994. The van der Waals surface area contributed by atoms with Crippen molar-refractivity contribution in [2.75, 3.05) is 5.32 Å². The highest BCUT2D eigenvalue weighted by molar-refractivity contribution is 5.89.